The van der Waals surface area contributed by atoms with Gasteiger partial charge in [0.1, 0.15) is 5.78 Å². The molecule has 16 heavy (non-hydrogen) atoms. The monoisotopic (exact) mass is 258 g/mol. The normalized spacial score (nSPS) is 9.94. The smallest absolute Gasteiger partial charge is 0.337 e. The van der Waals surface area contributed by atoms with Crippen molar-refractivity contribution in [3.63, 3.8) is 0 Å². The summed E-state index contributed by atoms with van der Waals surface area (Å²) in [5, 5.41) is 0.387. The summed E-state index contributed by atoms with van der Waals surface area (Å²) in [4.78, 5) is 22.4. The molecular formula is C11H11ClO3S. The topological polar surface area (TPSA) is 43.4 Å². The second kappa shape index (κ2) is 5.92. The van der Waals surface area contributed by atoms with Crippen LogP contribution in [0.3, 0.4) is 0 Å². The SMILES string of the molecule is COC(=O)c1ccc(CC(=O)CS)c(Cl)c1. The van der Waals surface area contributed by atoms with Gasteiger partial charge < -0.3 is 4.74 Å². The number of halogens is 1. The van der Waals surface area contributed by atoms with Gasteiger partial charge in [-0.1, -0.05) is 17.7 Å². The molecule has 0 fully saturated rings. The molecule has 0 radical (unpaired) electrons. The van der Waals surface area contributed by atoms with E-state index in [1.165, 1.54) is 13.2 Å². The van der Waals surface area contributed by atoms with Crippen molar-refractivity contribution < 1.29 is 14.3 Å². The molecular weight excluding hydrogens is 248 g/mol. The molecule has 0 bridgehead atoms. The first-order valence-electron chi connectivity index (χ1n) is 4.57. The number of carbonyl (C=O) groups excluding carboxylic acids is 2. The summed E-state index contributed by atoms with van der Waals surface area (Å²) in [5.41, 5.74) is 1.06. The van der Waals surface area contributed by atoms with Crippen LogP contribution in [0.15, 0.2) is 18.2 Å². The maximum Gasteiger partial charge on any atom is 0.337 e. The van der Waals surface area contributed by atoms with Crippen molar-refractivity contribution in [2.45, 2.75) is 6.42 Å². The molecule has 0 N–H and O–H groups in total. The van der Waals surface area contributed by atoms with Gasteiger partial charge in [0.05, 0.1) is 12.7 Å². The van der Waals surface area contributed by atoms with E-state index in [4.69, 9.17) is 11.6 Å². The van der Waals surface area contributed by atoms with E-state index in [0.717, 1.165) is 0 Å². The van der Waals surface area contributed by atoms with E-state index in [2.05, 4.69) is 17.4 Å². The minimum Gasteiger partial charge on any atom is -0.465 e. The Morgan fingerprint density at radius 1 is 1.44 bits per heavy atom. The fraction of sp³-hybridized carbons (Fsp3) is 0.273. The molecule has 5 heteroatoms. The van der Waals surface area contributed by atoms with Crippen LogP contribution in [-0.2, 0) is 16.0 Å². The molecule has 0 saturated carbocycles. The van der Waals surface area contributed by atoms with Gasteiger partial charge in [0.25, 0.3) is 0 Å². The summed E-state index contributed by atoms with van der Waals surface area (Å²) < 4.78 is 4.56. The van der Waals surface area contributed by atoms with E-state index in [-0.39, 0.29) is 18.0 Å². The van der Waals surface area contributed by atoms with Crippen molar-refractivity contribution in [1.82, 2.24) is 0 Å². The zero-order chi connectivity index (χ0) is 12.1. The lowest BCUT2D eigenvalue weighted by molar-refractivity contribution is -0.115. The van der Waals surface area contributed by atoms with Crippen molar-refractivity contribution >= 4 is 36.0 Å². The Morgan fingerprint density at radius 3 is 2.62 bits per heavy atom. The highest BCUT2D eigenvalue weighted by molar-refractivity contribution is 7.81. The number of methoxy groups -OCH3 is 1. The van der Waals surface area contributed by atoms with Gasteiger partial charge in [0, 0.05) is 17.2 Å². The van der Waals surface area contributed by atoms with Gasteiger partial charge in [-0.3, -0.25) is 4.79 Å². The Balaban J connectivity index is 2.91. The number of ketones is 1. The van der Waals surface area contributed by atoms with Crippen LogP contribution < -0.4 is 0 Å². The van der Waals surface area contributed by atoms with Crippen LogP contribution in [0.25, 0.3) is 0 Å². The number of thiol groups is 1. The van der Waals surface area contributed by atoms with Crippen LogP contribution in [0.5, 0.6) is 0 Å². The van der Waals surface area contributed by atoms with Crippen LogP contribution >= 0.6 is 24.2 Å². The zero-order valence-electron chi connectivity index (χ0n) is 8.70. The highest BCUT2D eigenvalue weighted by Crippen LogP contribution is 2.19. The lowest BCUT2D eigenvalue weighted by atomic mass is 10.1. The molecule has 0 saturated heterocycles. The number of benzene rings is 1. The maximum atomic E-state index is 11.2. The summed E-state index contributed by atoms with van der Waals surface area (Å²) in [6.45, 7) is 0. The van der Waals surface area contributed by atoms with Crippen LogP contribution in [0.2, 0.25) is 5.02 Å². The van der Waals surface area contributed by atoms with E-state index in [0.29, 0.717) is 16.1 Å². The number of carbonyl (C=O) groups is 2. The highest BCUT2D eigenvalue weighted by Gasteiger charge is 2.10. The third kappa shape index (κ3) is 3.25. The van der Waals surface area contributed by atoms with Crippen molar-refractivity contribution in [2.24, 2.45) is 0 Å². The van der Waals surface area contributed by atoms with Crippen LogP contribution in [0.4, 0.5) is 0 Å². The summed E-state index contributed by atoms with van der Waals surface area (Å²) in [6.07, 6.45) is 0.226. The second-order valence-corrected chi connectivity index (χ2v) is 3.89. The molecule has 0 heterocycles. The molecule has 0 atom stereocenters. The summed E-state index contributed by atoms with van der Waals surface area (Å²) in [5.74, 6) is -0.292. The highest BCUT2D eigenvalue weighted by atomic mass is 35.5. The van der Waals surface area contributed by atoms with Crippen LogP contribution in [-0.4, -0.2) is 24.6 Å². The standard InChI is InChI=1S/C11H11ClO3S/c1-15-11(14)8-3-2-7(10(12)5-8)4-9(13)6-16/h2-3,5,16H,4,6H2,1H3. The molecule has 86 valence electrons. The lowest BCUT2D eigenvalue weighted by Crippen LogP contribution is -2.06. The van der Waals surface area contributed by atoms with Gasteiger partial charge in [0.15, 0.2) is 0 Å². The number of hydrogen-bond donors (Lipinski definition) is 1. The molecule has 0 aromatic heterocycles. The third-order valence-electron chi connectivity index (χ3n) is 2.04. The van der Waals surface area contributed by atoms with Crippen LogP contribution in [0.1, 0.15) is 15.9 Å². The van der Waals surface area contributed by atoms with Crippen molar-refractivity contribution in [3.8, 4) is 0 Å². The molecule has 3 nitrogen and oxygen atoms in total. The van der Waals surface area contributed by atoms with E-state index < -0.39 is 5.97 Å². The lowest BCUT2D eigenvalue weighted by Gasteiger charge is -2.04. The van der Waals surface area contributed by atoms with E-state index in [1.807, 2.05) is 0 Å². The molecule has 0 amide bonds. The molecule has 1 aromatic carbocycles. The number of esters is 1. The first kappa shape index (κ1) is 13.1. The molecule has 0 aliphatic rings. The Bertz CT molecular complexity index is 418. The number of Topliss-reactive ketones (excluding diaryl/α,β-unsaturated/α-hetero) is 1. The van der Waals surface area contributed by atoms with Gasteiger partial charge >= 0.3 is 5.97 Å². The van der Waals surface area contributed by atoms with Crippen molar-refractivity contribution in [3.05, 3.63) is 34.3 Å². The number of ether oxygens (including phenoxy) is 1. The fourth-order valence-corrected chi connectivity index (χ4v) is 1.56. The minimum absolute atomic E-state index is 0.0175. The third-order valence-corrected chi connectivity index (χ3v) is 2.74. The van der Waals surface area contributed by atoms with Gasteiger partial charge in [-0.2, -0.15) is 12.6 Å². The predicted octanol–water partition coefficient (Wildman–Crippen LogP) is 2.17. The fourth-order valence-electron chi connectivity index (χ4n) is 1.20. The first-order valence-corrected chi connectivity index (χ1v) is 5.58. The largest absolute Gasteiger partial charge is 0.465 e. The predicted molar refractivity (Wildman–Crippen MR) is 65.4 cm³/mol. The molecule has 0 spiro atoms. The number of rotatable bonds is 4. The van der Waals surface area contributed by atoms with E-state index in [1.54, 1.807) is 12.1 Å². The van der Waals surface area contributed by atoms with Gasteiger partial charge in [-0.15, -0.1) is 0 Å². The minimum atomic E-state index is -0.450. The van der Waals surface area contributed by atoms with Gasteiger partial charge in [-0.05, 0) is 17.7 Å². The van der Waals surface area contributed by atoms with Crippen molar-refractivity contribution in [2.75, 3.05) is 12.9 Å². The Morgan fingerprint density at radius 2 is 2.12 bits per heavy atom. The molecule has 0 aliphatic heterocycles. The Hall–Kier alpha value is -1.00. The maximum absolute atomic E-state index is 11.2. The average molecular weight is 259 g/mol. The summed E-state index contributed by atoms with van der Waals surface area (Å²) >= 11 is 9.83. The number of hydrogen-bond acceptors (Lipinski definition) is 4. The van der Waals surface area contributed by atoms with Gasteiger partial charge in [-0.25, -0.2) is 4.79 Å². The molecule has 0 unspecified atom stereocenters. The molecule has 1 rings (SSSR count). The molecule has 1 aromatic rings. The van der Waals surface area contributed by atoms with Crippen molar-refractivity contribution in [1.29, 1.82) is 0 Å². The first-order chi connectivity index (χ1) is 7.58. The summed E-state index contributed by atoms with van der Waals surface area (Å²) in [6, 6.07) is 4.73. The van der Waals surface area contributed by atoms with E-state index in [9.17, 15) is 9.59 Å². The quantitative estimate of drug-likeness (QED) is 0.665. The summed E-state index contributed by atoms with van der Waals surface area (Å²) in [7, 11) is 1.30. The Labute approximate surface area is 104 Å². The Kier molecular flexibility index (Phi) is 4.83. The van der Waals surface area contributed by atoms with Crippen LogP contribution in [0, 0.1) is 0 Å². The molecule has 0 aliphatic carbocycles. The average Bonchev–Trinajstić information content (AvgIpc) is 2.30. The zero-order valence-corrected chi connectivity index (χ0v) is 10.3. The van der Waals surface area contributed by atoms with Gasteiger partial charge in [0.2, 0.25) is 0 Å². The second-order valence-electron chi connectivity index (χ2n) is 3.17. The van der Waals surface area contributed by atoms with E-state index >= 15 is 0 Å².